The number of para-hydroxylation sites is 2. The fourth-order valence-electron chi connectivity index (χ4n) is 5.30. The average Bonchev–Trinajstić information content (AvgIpc) is 3.68. The molecule has 10 heteroatoms. The van der Waals surface area contributed by atoms with Gasteiger partial charge in [0.2, 0.25) is 0 Å². The van der Waals surface area contributed by atoms with Crippen LogP contribution >= 0.6 is 0 Å². The van der Waals surface area contributed by atoms with Gasteiger partial charge in [0, 0.05) is 44.3 Å². The van der Waals surface area contributed by atoms with E-state index in [1.165, 1.54) is 4.31 Å². The largest absolute Gasteiger partial charge is 0.464 e. The number of sulfonamides is 1. The number of hydrogen-bond donors (Lipinski definition) is 1. The predicted molar refractivity (Wildman–Crippen MR) is 159 cm³/mol. The van der Waals surface area contributed by atoms with E-state index in [1.54, 1.807) is 41.6 Å². The van der Waals surface area contributed by atoms with Crippen molar-refractivity contribution in [1.82, 2.24) is 15.1 Å². The van der Waals surface area contributed by atoms with Crippen LogP contribution in [0.25, 0.3) is 11.0 Å². The Morgan fingerprint density at radius 2 is 1.73 bits per heavy atom. The molecule has 0 aliphatic carbocycles. The topological polar surface area (TPSA) is 103 Å². The maximum atomic E-state index is 14.4. The summed E-state index contributed by atoms with van der Waals surface area (Å²) < 4.78 is 35.8. The second-order valence-corrected chi connectivity index (χ2v) is 12.0. The van der Waals surface area contributed by atoms with Crippen molar-refractivity contribution in [3.63, 3.8) is 0 Å². The third kappa shape index (κ3) is 5.30. The first-order valence-corrected chi connectivity index (χ1v) is 15.0. The Hall–Kier alpha value is -4.57. The van der Waals surface area contributed by atoms with E-state index < -0.39 is 10.0 Å². The van der Waals surface area contributed by atoms with E-state index in [-0.39, 0.29) is 17.3 Å². The Labute approximate surface area is 239 Å². The van der Waals surface area contributed by atoms with Crippen LogP contribution in [0.15, 0.2) is 101 Å². The number of nitrogens with one attached hydrogen (secondary N) is 1. The van der Waals surface area contributed by atoms with E-state index in [1.807, 2.05) is 61.5 Å². The van der Waals surface area contributed by atoms with Crippen LogP contribution in [0, 0.1) is 6.92 Å². The van der Waals surface area contributed by atoms with Crippen LogP contribution in [0.4, 0.5) is 11.4 Å². The van der Waals surface area contributed by atoms with E-state index in [4.69, 9.17) is 4.42 Å². The number of anilines is 2. The minimum atomic E-state index is -3.94. The van der Waals surface area contributed by atoms with E-state index in [0.29, 0.717) is 49.6 Å². The number of hydrogen-bond acceptors (Lipinski definition) is 6. The summed E-state index contributed by atoms with van der Waals surface area (Å²) >= 11 is 0. The number of nitrogens with zero attached hydrogens (tertiary/aromatic N) is 4. The van der Waals surface area contributed by atoms with Crippen LogP contribution in [0.2, 0.25) is 0 Å². The van der Waals surface area contributed by atoms with Crippen LogP contribution in [-0.2, 0) is 16.4 Å². The molecule has 0 unspecified atom stereocenters. The summed E-state index contributed by atoms with van der Waals surface area (Å²) in [6, 6.07) is 24.2. The van der Waals surface area contributed by atoms with Gasteiger partial charge in [-0.2, -0.15) is 5.10 Å². The number of carbonyl (C=O) groups excluding carboxylic acids is 1. The molecule has 1 saturated heterocycles. The summed E-state index contributed by atoms with van der Waals surface area (Å²) in [5.74, 6) is -0.115. The van der Waals surface area contributed by atoms with Crippen molar-refractivity contribution in [1.29, 1.82) is 0 Å². The molecule has 1 N–H and O–H groups in total. The number of fused-ring (bicyclic) bond motifs is 1. The van der Waals surface area contributed by atoms with Crippen molar-refractivity contribution in [2.75, 3.05) is 41.9 Å². The predicted octanol–water partition coefficient (Wildman–Crippen LogP) is 4.86. The molecule has 9 nitrogen and oxygen atoms in total. The van der Waals surface area contributed by atoms with Gasteiger partial charge in [-0.05, 0) is 60.9 Å². The third-order valence-corrected chi connectivity index (χ3v) is 9.36. The van der Waals surface area contributed by atoms with Gasteiger partial charge in [-0.15, -0.1) is 0 Å². The molecule has 0 atom stereocenters. The van der Waals surface area contributed by atoms with Crippen LogP contribution < -0.4 is 9.21 Å². The molecule has 1 aliphatic heterocycles. The summed E-state index contributed by atoms with van der Waals surface area (Å²) in [6.45, 7) is 4.32. The summed E-state index contributed by atoms with van der Waals surface area (Å²) in [4.78, 5) is 17.0. The van der Waals surface area contributed by atoms with Crippen LogP contribution in [-0.4, -0.2) is 62.1 Å². The lowest BCUT2D eigenvalue weighted by molar-refractivity contribution is 0.0741. The first-order valence-electron chi connectivity index (χ1n) is 13.6. The maximum Gasteiger partial charge on any atom is 0.274 e. The summed E-state index contributed by atoms with van der Waals surface area (Å²) in [7, 11) is -3.94. The lowest BCUT2D eigenvalue weighted by atomic mass is 10.1. The van der Waals surface area contributed by atoms with Gasteiger partial charge in [-0.1, -0.05) is 42.5 Å². The minimum absolute atomic E-state index is 0.115. The molecule has 210 valence electrons. The number of aromatic nitrogens is 2. The number of furan rings is 1. The number of rotatable bonds is 8. The Kier molecular flexibility index (Phi) is 7.23. The highest BCUT2D eigenvalue weighted by Gasteiger charge is 2.30. The average molecular weight is 570 g/mol. The molecule has 0 saturated carbocycles. The Bertz CT molecular complexity index is 1760. The molecule has 6 rings (SSSR count). The molecule has 0 bridgehead atoms. The zero-order chi connectivity index (χ0) is 28.4. The first-order chi connectivity index (χ1) is 19.9. The van der Waals surface area contributed by atoms with E-state index >= 15 is 0 Å². The lowest BCUT2D eigenvalue weighted by Crippen LogP contribution is -2.49. The lowest BCUT2D eigenvalue weighted by Gasteiger charge is -2.38. The highest BCUT2D eigenvalue weighted by molar-refractivity contribution is 7.92. The first kappa shape index (κ1) is 26.6. The number of benzene rings is 3. The van der Waals surface area contributed by atoms with Gasteiger partial charge in [-0.3, -0.25) is 14.2 Å². The smallest absolute Gasteiger partial charge is 0.274 e. The molecule has 1 amide bonds. The Morgan fingerprint density at radius 3 is 2.49 bits per heavy atom. The highest BCUT2D eigenvalue weighted by atomic mass is 32.2. The normalized spacial score (nSPS) is 14.0. The molecule has 0 radical (unpaired) electrons. The number of carbonyl (C=O) groups is 1. The maximum absolute atomic E-state index is 14.4. The van der Waals surface area contributed by atoms with E-state index in [9.17, 15) is 13.2 Å². The van der Waals surface area contributed by atoms with Crippen LogP contribution in [0.3, 0.4) is 0 Å². The number of H-pyrrole nitrogens is 1. The van der Waals surface area contributed by atoms with Gasteiger partial charge < -0.3 is 14.2 Å². The Balaban J connectivity index is 1.33. The van der Waals surface area contributed by atoms with Gasteiger partial charge in [0.15, 0.2) is 0 Å². The SMILES string of the molecule is Cc1coc2ccc(S(=O)(=O)N(CCc3ccccc3)c3ccccc3N3CCN(C(=O)c4cc[nH]n4)CC3)cc12. The van der Waals surface area contributed by atoms with Crippen LogP contribution in [0.1, 0.15) is 21.6 Å². The van der Waals surface area contributed by atoms with Crippen LogP contribution in [0.5, 0.6) is 0 Å². The summed E-state index contributed by atoms with van der Waals surface area (Å²) in [5.41, 5.74) is 4.41. The standard InChI is InChI=1S/C31H31N5O4S/c1-23-22-40-30-12-11-25(21-26(23)30)41(38,39)36(16-14-24-7-3-2-4-8-24)29-10-6-5-9-28(29)34-17-19-35(20-18-34)31(37)27-13-15-32-33-27/h2-13,15,21-22H,14,16-20H2,1H3,(H,32,33). The zero-order valence-electron chi connectivity index (χ0n) is 22.7. The highest BCUT2D eigenvalue weighted by Crippen LogP contribution is 2.35. The molecule has 3 heterocycles. The molecule has 0 spiro atoms. The van der Waals surface area contributed by atoms with Gasteiger partial charge in [0.25, 0.3) is 15.9 Å². The second-order valence-electron chi connectivity index (χ2n) is 10.1. The quantitative estimate of drug-likeness (QED) is 0.286. The van der Waals surface area contributed by atoms with Crippen molar-refractivity contribution in [3.05, 3.63) is 108 Å². The fraction of sp³-hybridized carbons (Fsp3) is 0.226. The molecule has 1 fully saturated rings. The monoisotopic (exact) mass is 569 g/mol. The van der Waals surface area contributed by atoms with Crippen molar-refractivity contribution in [3.8, 4) is 0 Å². The van der Waals surface area contributed by atoms with Gasteiger partial charge in [0.05, 0.1) is 22.5 Å². The Morgan fingerprint density at radius 1 is 0.976 bits per heavy atom. The van der Waals surface area contributed by atoms with Gasteiger partial charge in [-0.25, -0.2) is 8.42 Å². The van der Waals surface area contributed by atoms with Gasteiger partial charge in [0.1, 0.15) is 11.3 Å². The van der Waals surface area contributed by atoms with Crippen molar-refractivity contribution in [2.24, 2.45) is 0 Å². The van der Waals surface area contributed by atoms with Crippen molar-refractivity contribution in [2.45, 2.75) is 18.2 Å². The number of aromatic amines is 1. The van der Waals surface area contributed by atoms with E-state index in [2.05, 4.69) is 15.1 Å². The third-order valence-electron chi connectivity index (χ3n) is 7.55. The number of piperazine rings is 1. The molecule has 2 aromatic heterocycles. The molecule has 5 aromatic rings. The molecule has 41 heavy (non-hydrogen) atoms. The zero-order valence-corrected chi connectivity index (χ0v) is 23.5. The van der Waals surface area contributed by atoms with E-state index in [0.717, 1.165) is 22.2 Å². The molecule has 1 aliphatic rings. The van der Waals surface area contributed by atoms with Gasteiger partial charge >= 0.3 is 0 Å². The number of aryl methyl sites for hydroxylation is 1. The number of amides is 1. The fourth-order valence-corrected chi connectivity index (χ4v) is 6.81. The van der Waals surface area contributed by atoms with Crippen molar-refractivity contribution < 1.29 is 17.6 Å². The van der Waals surface area contributed by atoms with Crippen molar-refractivity contribution >= 4 is 38.3 Å². The molecular formula is C31H31N5O4S. The summed E-state index contributed by atoms with van der Waals surface area (Å²) in [5, 5.41) is 7.49. The summed E-state index contributed by atoms with van der Waals surface area (Å²) in [6.07, 6.45) is 3.82. The second kappa shape index (κ2) is 11.1. The molecule has 3 aromatic carbocycles. The minimum Gasteiger partial charge on any atom is -0.464 e. The molecular weight excluding hydrogens is 538 g/mol.